The molecule has 0 bridgehead atoms. The van der Waals surface area contributed by atoms with Crippen molar-refractivity contribution >= 4 is 17.5 Å². The van der Waals surface area contributed by atoms with Crippen LogP contribution < -0.4 is 4.74 Å². The Morgan fingerprint density at radius 3 is 2.73 bits per heavy atom. The Balaban J connectivity index is 1.22. The Morgan fingerprint density at radius 1 is 1.30 bits per heavy atom. The number of aromatic nitrogens is 1. The maximum Gasteiger partial charge on any atom is 0.292 e. The van der Waals surface area contributed by atoms with Crippen molar-refractivity contribution in [2.45, 2.75) is 51.7 Å². The first-order chi connectivity index (χ1) is 14.5. The number of hydrogen-bond acceptors (Lipinski definition) is 5. The third kappa shape index (κ3) is 4.98. The lowest BCUT2D eigenvalue weighted by Gasteiger charge is -2.37. The number of halogens is 1. The zero-order valence-electron chi connectivity index (χ0n) is 17.8. The van der Waals surface area contributed by atoms with E-state index in [2.05, 4.69) is 16.1 Å². The molecule has 6 nitrogen and oxygen atoms in total. The van der Waals surface area contributed by atoms with Gasteiger partial charge in [-0.1, -0.05) is 29.7 Å². The van der Waals surface area contributed by atoms with Crippen LogP contribution in [0.5, 0.6) is 5.75 Å². The number of rotatable bonds is 8. The molecular formula is C23H30ClN3O3. The van der Waals surface area contributed by atoms with Crippen molar-refractivity contribution in [1.82, 2.24) is 15.0 Å². The molecule has 1 aromatic carbocycles. The number of carbonyl (C=O) groups excluding carboxylic acids is 1. The first kappa shape index (κ1) is 21.2. The van der Waals surface area contributed by atoms with E-state index in [1.807, 2.05) is 26.1 Å². The predicted octanol–water partition coefficient (Wildman–Crippen LogP) is 4.42. The van der Waals surface area contributed by atoms with Crippen LogP contribution in [-0.4, -0.2) is 53.6 Å². The average molecular weight is 432 g/mol. The summed E-state index contributed by atoms with van der Waals surface area (Å²) in [5.74, 6) is 1.45. The smallest absolute Gasteiger partial charge is 0.292 e. The summed E-state index contributed by atoms with van der Waals surface area (Å²) >= 11 is 6.49. The lowest BCUT2D eigenvalue weighted by atomic mass is 9.82. The van der Waals surface area contributed by atoms with E-state index in [9.17, 15) is 4.79 Å². The Morgan fingerprint density at radius 2 is 2.07 bits per heavy atom. The third-order valence-corrected chi connectivity index (χ3v) is 6.47. The van der Waals surface area contributed by atoms with E-state index in [4.69, 9.17) is 20.9 Å². The van der Waals surface area contributed by atoms with Crippen LogP contribution in [0.15, 0.2) is 28.8 Å². The van der Waals surface area contributed by atoms with Gasteiger partial charge in [-0.3, -0.25) is 9.69 Å². The van der Waals surface area contributed by atoms with E-state index in [0.717, 1.165) is 60.9 Å². The molecule has 1 aliphatic carbocycles. The summed E-state index contributed by atoms with van der Waals surface area (Å²) in [5, 5.41) is 4.67. The average Bonchev–Trinajstić information content (AvgIpc) is 3.39. The van der Waals surface area contributed by atoms with Gasteiger partial charge in [0.2, 0.25) is 5.76 Å². The highest BCUT2D eigenvalue weighted by atomic mass is 35.5. The van der Waals surface area contributed by atoms with Gasteiger partial charge in [-0.15, -0.1) is 0 Å². The second-order valence-electron chi connectivity index (χ2n) is 8.54. The summed E-state index contributed by atoms with van der Waals surface area (Å²) < 4.78 is 11.3. The van der Waals surface area contributed by atoms with Crippen molar-refractivity contribution in [2.24, 2.45) is 5.92 Å². The summed E-state index contributed by atoms with van der Waals surface area (Å²) in [5.41, 5.74) is 1.96. The van der Waals surface area contributed by atoms with Crippen molar-refractivity contribution in [3.8, 4) is 5.75 Å². The standard InChI is InChI=1S/C23H30ClN3O3/c1-3-18-12-22(30-25-18)23(28)26(2)14-16-10-20(11-16)29-19-7-6-17(21(24)13-19)15-27-8-4-5-9-27/h6-7,12-13,16,20H,3-5,8-11,14-15H2,1-2H3. The molecule has 1 amide bonds. The highest BCUT2D eigenvalue weighted by molar-refractivity contribution is 6.31. The topological polar surface area (TPSA) is 58.8 Å². The predicted molar refractivity (Wildman–Crippen MR) is 116 cm³/mol. The van der Waals surface area contributed by atoms with Crippen molar-refractivity contribution in [3.05, 3.63) is 46.3 Å². The molecular weight excluding hydrogens is 402 g/mol. The maximum atomic E-state index is 12.5. The Kier molecular flexibility index (Phi) is 6.64. The van der Waals surface area contributed by atoms with Gasteiger partial charge in [0.05, 0.1) is 11.8 Å². The van der Waals surface area contributed by atoms with Gasteiger partial charge in [-0.2, -0.15) is 0 Å². The molecule has 1 aliphatic heterocycles. The highest BCUT2D eigenvalue weighted by Gasteiger charge is 2.33. The number of benzene rings is 1. The SMILES string of the molecule is CCc1cc(C(=O)N(C)CC2CC(Oc3ccc(CN4CCCC4)c(Cl)c3)C2)on1. The van der Waals surface area contributed by atoms with Crippen LogP contribution in [0, 0.1) is 5.92 Å². The summed E-state index contributed by atoms with van der Waals surface area (Å²) in [6.45, 7) is 5.90. The van der Waals surface area contributed by atoms with E-state index in [0.29, 0.717) is 18.2 Å². The fourth-order valence-corrected chi connectivity index (χ4v) is 4.49. The summed E-state index contributed by atoms with van der Waals surface area (Å²) in [7, 11) is 1.81. The van der Waals surface area contributed by atoms with Crippen molar-refractivity contribution < 1.29 is 14.1 Å². The number of carbonyl (C=O) groups is 1. The van der Waals surface area contributed by atoms with Crippen LogP contribution in [0.3, 0.4) is 0 Å². The normalized spacial score (nSPS) is 21.4. The van der Waals surface area contributed by atoms with E-state index < -0.39 is 0 Å². The molecule has 2 aromatic rings. The summed E-state index contributed by atoms with van der Waals surface area (Å²) in [4.78, 5) is 16.6. The van der Waals surface area contributed by atoms with Gasteiger partial charge in [0.15, 0.2) is 0 Å². The number of amides is 1. The highest BCUT2D eigenvalue weighted by Crippen LogP contribution is 2.33. The van der Waals surface area contributed by atoms with Crippen LogP contribution in [0.1, 0.15) is 54.4 Å². The second-order valence-corrected chi connectivity index (χ2v) is 8.94. The van der Waals surface area contributed by atoms with Crippen LogP contribution in [-0.2, 0) is 13.0 Å². The quantitative estimate of drug-likeness (QED) is 0.619. The van der Waals surface area contributed by atoms with Crippen molar-refractivity contribution in [1.29, 1.82) is 0 Å². The molecule has 2 fully saturated rings. The van der Waals surface area contributed by atoms with Gasteiger partial charge in [-0.05, 0) is 68.8 Å². The fraction of sp³-hybridized carbons (Fsp3) is 0.565. The molecule has 1 aromatic heterocycles. The molecule has 1 saturated carbocycles. The third-order valence-electron chi connectivity index (χ3n) is 6.12. The molecule has 0 unspecified atom stereocenters. The van der Waals surface area contributed by atoms with E-state index in [1.165, 1.54) is 12.8 Å². The zero-order valence-corrected chi connectivity index (χ0v) is 18.5. The van der Waals surface area contributed by atoms with E-state index in [-0.39, 0.29) is 12.0 Å². The van der Waals surface area contributed by atoms with Gasteiger partial charge >= 0.3 is 0 Å². The van der Waals surface area contributed by atoms with Crippen LogP contribution in [0.25, 0.3) is 0 Å². The number of aryl methyl sites for hydroxylation is 1. The fourth-order valence-electron chi connectivity index (χ4n) is 4.26. The molecule has 30 heavy (non-hydrogen) atoms. The Hall–Kier alpha value is -2.05. The first-order valence-electron chi connectivity index (χ1n) is 10.9. The molecule has 162 valence electrons. The van der Waals surface area contributed by atoms with Gasteiger partial charge < -0.3 is 14.2 Å². The largest absolute Gasteiger partial charge is 0.490 e. The monoisotopic (exact) mass is 431 g/mol. The minimum Gasteiger partial charge on any atom is -0.490 e. The van der Waals surface area contributed by atoms with Gasteiger partial charge in [0, 0.05) is 31.2 Å². The minimum atomic E-state index is -0.119. The molecule has 2 heterocycles. The lowest BCUT2D eigenvalue weighted by molar-refractivity contribution is 0.0403. The second kappa shape index (κ2) is 9.40. The molecule has 0 spiro atoms. The molecule has 7 heteroatoms. The van der Waals surface area contributed by atoms with Gasteiger partial charge in [-0.25, -0.2) is 0 Å². The van der Waals surface area contributed by atoms with E-state index in [1.54, 1.807) is 11.0 Å². The van der Waals surface area contributed by atoms with Gasteiger partial charge in [0.25, 0.3) is 5.91 Å². The Labute approximate surface area is 183 Å². The number of hydrogen-bond donors (Lipinski definition) is 0. The van der Waals surface area contributed by atoms with Crippen molar-refractivity contribution in [3.63, 3.8) is 0 Å². The lowest BCUT2D eigenvalue weighted by Crippen LogP contribution is -2.41. The molecule has 1 saturated heterocycles. The first-order valence-corrected chi connectivity index (χ1v) is 11.3. The summed E-state index contributed by atoms with van der Waals surface area (Å²) in [6, 6.07) is 7.77. The molecule has 2 aliphatic rings. The Bertz CT molecular complexity index is 872. The maximum absolute atomic E-state index is 12.5. The zero-order chi connectivity index (χ0) is 21.1. The molecule has 4 rings (SSSR count). The summed E-state index contributed by atoms with van der Waals surface area (Å²) in [6.07, 6.45) is 5.35. The minimum absolute atomic E-state index is 0.119. The van der Waals surface area contributed by atoms with Crippen LogP contribution >= 0.6 is 11.6 Å². The van der Waals surface area contributed by atoms with Crippen LogP contribution in [0.4, 0.5) is 0 Å². The molecule has 0 N–H and O–H groups in total. The number of ether oxygens (including phenoxy) is 1. The van der Waals surface area contributed by atoms with Crippen molar-refractivity contribution in [2.75, 3.05) is 26.7 Å². The number of likely N-dealkylation sites (tertiary alicyclic amines) is 1. The number of nitrogens with zero attached hydrogens (tertiary/aromatic N) is 3. The molecule has 0 atom stereocenters. The van der Waals surface area contributed by atoms with E-state index >= 15 is 0 Å². The van der Waals surface area contributed by atoms with Crippen LogP contribution in [0.2, 0.25) is 5.02 Å². The van der Waals surface area contributed by atoms with Gasteiger partial charge in [0.1, 0.15) is 5.75 Å². The molecule has 0 radical (unpaired) electrons.